The van der Waals surface area contributed by atoms with Crippen LogP contribution < -0.4 is 5.32 Å². The number of amides is 2. The lowest BCUT2D eigenvalue weighted by Crippen LogP contribution is -2.36. The molecule has 1 aromatic rings. The monoisotopic (exact) mass is 302 g/mol. The summed E-state index contributed by atoms with van der Waals surface area (Å²) in [7, 11) is 0. The molecule has 1 aromatic carbocycles. The van der Waals surface area contributed by atoms with Crippen LogP contribution in [0.1, 0.15) is 26.2 Å². The van der Waals surface area contributed by atoms with E-state index in [2.05, 4.69) is 5.32 Å². The number of rotatable bonds is 7. The quantitative estimate of drug-likeness (QED) is 0.810. The highest BCUT2D eigenvalue weighted by molar-refractivity contribution is 6.30. The minimum atomic E-state index is -0.497. The molecule has 0 aliphatic carbocycles. The van der Waals surface area contributed by atoms with Gasteiger partial charge in [-0.05, 0) is 31.0 Å². The van der Waals surface area contributed by atoms with Crippen LogP contribution in [-0.4, -0.2) is 35.7 Å². The van der Waals surface area contributed by atoms with Gasteiger partial charge in [-0.1, -0.05) is 24.9 Å². The van der Waals surface area contributed by atoms with E-state index >= 15 is 0 Å². The smallest absolute Gasteiger partial charge is 0.321 e. The number of halogens is 2. The fourth-order valence-electron chi connectivity index (χ4n) is 1.75. The zero-order valence-electron chi connectivity index (χ0n) is 11.5. The first-order valence-electron chi connectivity index (χ1n) is 6.69. The SMILES string of the molecule is CCCCN(CCCO)C(=O)Nc1cc(F)cc(Cl)c1. The lowest BCUT2D eigenvalue weighted by Gasteiger charge is -2.22. The van der Waals surface area contributed by atoms with Gasteiger partial charge in [-0.15, -0.1) is 0 Å². The molecule has 0 atom stereocenters. The Morgan fingerprint density at radius 2 is 2.05 bits per heavy atom. The standard InChI is InChI=1S/C14H20ClFN2O2/c1-2-3-5-18(6-4-7-19)14(20)17-13-9-11(15)8-12(16)10-13/h8-10,19H,2-7H2,1H3,(H,17,20). The third-order valence-electron chi connectivity index (χ3n) is 2.77. The van der Waals surface area contributed by atoms with E-state index in [9.17, 15) is 9.18 Å². The van der Waals surface area contributed by atoms with Gasteiger partial charge in [0.25, 0.3) is 0 Å². The zero-order chi connectivity index (χ0) is 15.0. The lowest BCUT2D eigenvalue weighted by molar-refractivity contribution is 0.201. The van der Waals surface area contributed by atoms with Gasteiger partial charge in [0.2, 0.25) is 0 Å². The van der Waals surface area contributed by atoms with E-state index in [1.165, 1.54) is 18.2 Å². The maximum atomic E-state index is 13.2. The first-order chi connectivity index (χ1) is 9.56. The molecule has 0 aliphatic heterocycles. The molecular formula is C14H20ClFN2O2. The van der Waals surface area contributed by atoms with E-state index in [1.807, 2.05) is 6.92 Å². The highest BCUT2D eigenvalue weighted by Crippen LogP contribution is 2.18. The lowest BCUT2D eigenvalue weighted by atomic mass is 10.3. The molecule has 0 saturated carbocycles. The van der Waals surface area contributed by atoms with Crippen molar-refractivity contribution in [3.63, 3.8) is 0 Å². The fraction of sp³-hybridized carbons (Fsp3) is 0.500. The first-order valence-corrected chi connectivity index (χ1v) is 7.07. The number of nitrogens with zero attached hydrogens (tertiary/aromatic N) is 1. The van der Waals surface area contributed by atoms with Crippen LogP contribution in [0.3, 0.4) is 0 Å². The van der Waals surface area contributed by atoms with Crippen molar-refractivity contribution in [2.75, 3.05) is 25.0 Å². The number of carbonyl (C=O) groups excluding carboxylic acids is 1. The maximum Gasteiger partial charge on any atom is 0.321 e. The van der Waals surface area contributed by atoms with E-state index in [0.717, 1.165) is 12.8 Å². The van der Waals surface area contributed by atoms with E-state index in [0.29, 0.717) is 25.2 Å². The third kappa shape index (κ3) is 5.75. The molecule has 0 aliphatic rings. The number of anilines is 1. The number of hydrogen-bond acceptors (Lipinski definition) is 2. The van der Waals surface area contributed by atoms with E-state index in [4.69, 9.17) is 16.7 Å². The summed E-state index contributed by atoms with van der Waals surface area (Å²) < 4.78 is 13.2. The summed E-state index contributed by atoms with van der Waals surface area (Å²) in [6, 6.07) is 3.58. The van der Waals surface area contributed by atoms with Crippen molar-refractivity contribution in [3.05, 3.63) is 29.0 Å². The Bertz CT molecular complexity index is 415. The molecule has 0 radical (unpaired) electrons. The molecule has 2 N–H and O–H groups in total. The van der Waals surface area contributed by atoms with Crippen molar-refractivity contribution in [1.29, 1.82) is 0 Å². The Morgan fingerprint density at radius 1 is 1.35 bits per heavy atom. The molecule has 20 heavy (non-hydrogen) atoms. The van der Waals surface area contributed by atoms with Crippen LogP contribution in [-0.2, 0) is 0 Å². The summed E-state index contributed by atoms with van der Waals surface area (Å²) in [4.78, 5) is 13.7. The summed E-state index contributed by atoms with van der Waals surface area (Å²) in [5, 5.41) is 11.7. The van der Waals surface area contributed by atoms with Gasteiger partial charge < -0.3 is 15.3 Å². The van der Waals surface area contributed by atoms with Crippen LogP contribution in [0, 0.1) is 5.82 Å². The minimum Gasteiger partial charge on any atom is -0.396 e. The second kappa shape index (κ2) is 8.76. The summed E-state index contributed by atoms with van der Waals surface area (Å²) in [6.45, 7) is 3.13. The Kier molecular flexibility index (Phi) is 7.33. The molecule has 2 amide bonds. The third-order valence-corrected chi connectivity index (χ3v) is 2.99. The van der Waals surface area contributed by atoms with Crippen molar-refractivity contribution >= 4 is 23.3 Å². The van der Waals surface area contributed by atoms with Gasteiger partial charge in [0.1, 0.15) is 5.82 Å². The number of aliphatic hydroxyl groups is 1. The van der Waals surface area contributed by atoms with E-state index in [1.54, 1.807) is 4.90 Å². The van der Waals surface area contributed by atoms with Crippen LogP contribution in [0.4, 0.5) is 14.9 Å². The molecule has 0 heterocycles. The van der Waals surface area contributed by atoms with Crippen LogP contribution in [0.2, 0.25) is 5.02 Å². The van der Waals surface area contributed by atoms with Crippen molar-refractivity contribution < 1.29 is 14.3 Å². The molecule has 0 spiro atoms. The summed E-state index contributed by atoms with van der Waals surface area (Å²) in [5.41, 5.74) is 0.325. The maximum absolute atomic E-state index is 13.2. The van der Waals surface area contributed by atoms with Crippen LogP contribution in [0.15, 0.2) is 18.2 Å². The average molecular weight is 303 g/mol. The van der Waals surface area contributed by atoms with Gasteiger partial charge in [-0.3, -0.25) is 0 Å². The molecule has 6 heteroatoms. The Hall–Kier alpha value is -1.33. The normalized spacial score (nSPS) is 10.4. The van der Waals surface area contributed by atoms with Crippen LogP contribution in [0.25, 0.3) is 0 Å². The van der Waals surface area contributed by atoms with E-state index in [-0.39, 0.29) is 17.7 Å². The van der Waals surface area contributed by atoms with Gasteiger partial charge in [-0.25, -0.2) is 9.18 Å². The zero-order valence-corrected chi connectivity index (χ0v) is 12.3. The number of unbranched alkanes of at least 4 members (excludes halogenated alkanes) is 1. The summed E-state index contributed by atoms with van der Waals surface area (Å²) in [6.07, 6.45) is 2.36. The van der Waals surface area contributed by atoms with Crippen molar-refractivity contribution in [2.24, 2.45) is 0 Å². The summed E-state index contributed by atoms with van der Waals surface area (Å²) in [5.74, 6) is -0.497. The van der Waals surface area contributed by atoms with Crippen molar-refractivity contribution in [1.82, 2.24) is 4.90 Å². The molecule has 4 nitrogen and oxygen atoms in total. The van der Waals surface area contributed by atoms with E-state index < -0.39 is 5.82 Å². The number of benzene rings is 1. The largest absolute Gasteiger partial charge is 0.396 e. The molecule has 0 fully saturated rings. The van der Waals surface area contributed by atoms with Crippen molar-refractivity contribution in [3.8, 4) is 0 Å². The van der Waals surface area contributed by atoms with Crippen LogP contribution in [0.5, 0.6) is 0 Å². The predicted molar refractivity (Wildman–Crippen MR) is 78.6 cm³/mol. The number of aliphatic hydroxyl groups excluding tert-OH is 1. The highest BCUT2D eigenvalue weighted by atomic mass is 35.5. The average Bonchev–Trinajstić information content (AvgIpc) is 2.37. The Balaban J connectivity index is 2.68. The van der Waals surface area contributed by atoms with Crippen LogP contribution >= 0.6 is 11.6 Å². The summed E-state index contributed by atoms with van der Waals surface area (Å²) >= 11 is 5.74. The molecular weight excluding hydrogens is 283 g/mol. The highest BCUT2D eigenvalue weighted by Gasteiger charge is 2.13. The molecule has 0 saturated heterocycles. The Morgan fingerprint density at radius 3 is 2.65 bits per heavy atom. The molecule has 112 valence electrons. The van der Waals surface area contributed by atoms with Gasteiger partial charge in [-0.2, -0.15) is 0 Å². The second-order valence-corrected chi connectivity index (χ2v) is 4.94. The fourth-order valence-corrected chi connectivity index (χ4v) is 1.98. The van der Waals surface area contributed by atoms with Gasteiger partial charge in [0.15, 0.2) is 0 Å². The molecule has 1 rings (SSSR count). The molecule has 0 unspecified atom stereocenters. The molecule has 0 aromatic heterocycles. The van der Waals surface area contributed by atoms with Gasteiger partial charge in [0.05, 0.1) is 0 Å². The number of hydrogen-bond donors (Lipinski definition) is 2. The predicted octanol–water partition coefficient (Wildman–Crippen LogP) is 3.50. The Labute approximate surface area is 123 Å². The number of carbonyl (C=O) groups is 1. The second-order valence-electron chi connectivity index (χ2n) is 4.51. The minimum absolute atomic E-state index is 0.0295. The van der Waals surface area contributed by atoms with Crippen molar-refractivity contribution in [2.45, 2.75) is 26.2 Å². The number of urea groups is 1. The van der Waals surface area contributed by atoms with Gasteiger partial charge in [0, 0.05) is 30.4 Å². The number of nitrogens with one attached hydrogen (secondary N) is 1. The topological polar surface area (TPSA) is 52.6 Å². The van der Waals surface area contributed by atoms with Gasteiger partial charge >= 0.3 is 6.03 Å². The first kappa shape index (κ1) is 16.7. The molecule has 0 bridgehead atoms.